The number of aromatic nitrogens is 2. The molecule has 0 bridgehead atoms. The molecule has 5 nitrogen and oxygen atoms in total. The van der Waals surface area contributed by atoms with Crippen molar-refractivity contribution in [2.24, 2.45) is 5.73 Å². The Bertz CT molecular complexity index is 851. The summed E-state index contributed by atoms with van der Waals surface area (Å²) in [6.45, 7) is 2.80. The van der Waals surface area contributed by atoms with E-state index in [9.17, 15) is 4.79 Å². The third kappa shape index (κ3) is 1.82. The molecule has 0 radical (unpaired) electrons. The van der Waals surface area contributed by atoms with E-state index in [0.29, 0.717) is 34.8 Å². The van der Waals surface area contributed by atoms with Crippen molar-refractivity contribution >= 4 is 33.4 Å². The summed E-state index contributed by atoms with van der Waals surface area (Å²) in [6, 6.07) is 5.47. The van der Waals surface area contributed by atoms with Crippen LogP contribution >= 0.6 is 11.6 Å². The zero-order chi connectivity index (χ0) is 14.3. The molecule has 6 heteroatoms. The molecule has 2 N–H and O–H groups in total. The molecule has 3 aromatic rings. The zero-order valence-electron chi connectivity index (χ0n) is 11.0. The number of nitrogens with zero attached hydrogens (tertiary/aromatic N) is 2. The van der Waals surface area contributed by atoms with E-state index in [4.69, 9.17) is 21.9 Å². The van der Waals surface area contributed by atoms with Gasteiger partial charge in [-0.2, -0.15) is 0 Å². The van der Waals surface area contributed by atoms with Gasteiger partial charge in [-0.25, -0.2) is 0 Å². The van der Waals surface area contributed by atoms with Crippen molar-refractivity contribution in [1.82, 2.24) is 9.72 Å². The van der Waals surface area contributed by atoms with Crippen molar-refractivity contribution < 1.29 is 4.52 Å². The Morgan fingerprint density at radius 2 is 2.20 bits per heavy atom. The van der Waals surface area contributed by atoms with Crippen LogP contribution in [0.5, 0.6) is 0 Å². The Morgan fingerprint density at radius 3 is 2.95 bits per heavy atom. The van der Waals surface area contributed by atoms with Crippen LogP contribution in [0.4, 0.5) is 0 Å². The number of rotatable bonds is 3. The second-order valence-electron chi connectivity index (χ2n) is 4.70. The van der Waals surface area contributed by atoms with E-state index in [0.717, 1.165) is 17.3 Å². The van der Waals surface area contributed by atoms with Gasteiger partial charge < -0.3 is 14.8 Å². The van der Waals surface area contributed by atoms with Crippen LogP contribution in [0.2, 0.25) is 5.02 Å². The molecule has 20 heavy (non-hydrogen) atoms. The highest BCUT2D eigenvalue weighted by atomic mass is 35.5. The fourth-order valence-corrected chi connectivity index (χ4v) is 2.74. The standard InChI is InChI=1S/C14H14ClN3O2/c1-8-11-13(17-20-8)12-9(15)4-2-5-10(12)18(14(11)19)7-3-6-16/h2,4-5H,3,6-7,16H2,1H3. The summed E-state index contributed by atoms with van der Waals surface area (Å²) in [6.07, 6.45) is 0.720. The lowest BCUT2D eigenvalue weighted by Crippen LogP contribution is -2.22. The lowest BCUT2D eigenvalue weighted by molar-refractivity contribution is 0.406. The molecule has 0 atom stereocenters. The Balaban J connectivity index is 2.51. The van der Waals surface area contributed by atoms with E-state index in [1.807, 2.05) is 12.1 Å². The lowest BCUT2D eigenvalue weighted by Gasteiger charge is -2.11. The lowest BCUT2D eigenvalue weighted by atomic mass is 10.1. The second-order valence-corrected chi connectivity index (χ2v) is 5.10. The van der Waals surface area contributed by atoms with E-state index in [1.54, 1.807) is 17.6 Å². The highest BCUT2D eigenvalue weighted by Gasteiger charge is 2.18. The minimum absolute atomic E-state index is 0.109. The molecule has 0 saturated heterocycles. The van der Waals surface area contributed by atoms with Gasteiger partial charge in [0.1, 0.15) is 16.7 Å². The predicted octanol–water partition coefficient (Wildman–Crippen LogP) is 2.45. The first kappa shape index (κ1) is 13.1. The van der Waals surface area contributed by atoms with Crippen LogP contribution in [0.3, 0.4) is 0 Å². The maximum atomic E-state index is 12.6. The van der Waals surface area contributed by atoms with Gasteiger partial charge in [0.25, 0.3) is 5.56 Å². The predicted molar refractivity (Wildman–Crippen MR) is 79.2 cm³/mol. The third-order valence-electron chi connectivity index (χ3n) is 3.43. The Labute approximate surface area is 119 Å². The molecule has 1 aromatic carbocycles. The van der Waals surface area contributed by atoms with Gasteiger partial charge >= 0.3 is 0 Å². The maximum absolute atomic E-state index is 12.6. The summed E-state index contributed by atoms with van der Waals surface area (Å²) in [5, 5.41) is 5.79. The molecule has 0 aliphatic heterocycles. The largest absolute Gasteiger partial charge is 0.360 e. The Hall–Kier alpha value is -1.85. The minimum Gasteiger partial charge on any atom is -0.360 e. The summed E-state index contributed by atoms with van der Waals surface area (Å²) < 4.78 is 6.87. The summed E-state index contributed by atoms with van der Waals surface area (Å²) in [7, 11) is 0. The van der Waals surface area contributed by atoms with Crippen molar-refractivity contribution in [3.63, 3.8) is 0 Å². The number of pyridine rings is 1. The summed E-state index contributed by atoms with van der Waals surface area (Å²) in [5.74, 6) is 0.508. The summed E-state index contributed by atoms with van der Waals surface area (Å²) in [5.41, 5.74) is 6.73. The normalized spacial score (nSPS) is 11.6. The van der Waals surface area contributed by atoms with Crippen LogP contribution in [-0.4, -0.2) is 16.3 Å². The fourth-order valence-electron chi connectivity index (χ4n) is 2.48. The average molecular weight is 292 g/mol. The van der Waals surface area contributed by atoms with Gasteiger partial charge in [-0.05, 0) is 32.0 Å². The quantitative estimate of drug-likeness (QED) is 0.804. The smallest absolute Gasteiger partial charge is 0.264 e. The first-order valence-corrected chi connectivity index (χ1v) is 6.80. The molecular formula is C14H14ClN3O2. The number of fused-ring (bicyclic) bond motifs is 3. The van der Waals surface area contributed by atoms with Crippen LogP contribution < -0.4 is 11.3 Å². The SMILES string of the molecule is Cc1onc2c1c(=O)n(CCCN)c1cccc(Cl)c21. The van der Waals surface area contributed by atoms with Gasteiger partial charge in [-0.3, -0.25) is 4.79 Å². The first-order valence-electron chi connectivity index (χ1n) is 6.42. The monoisotopic (exact) mass is 291 g/mol. The van der Waals surface area contributed by atoms with Gasteiger partial charge in [0, 0.05) is 11.9 Å². The van der Waals surface area contributed by atoms with E-state index < -0.39 is 0 Å². The number of nitrogens with two attached hydrogens (primary N) is 1. The third-order valence-corrected chi connectivity index (χ3v) is 3.74. The van der Waals surface area contributed by atoms with Crippen molar-refractivity contribution in [3.05, 3.63) is 39.3 Å². The van der Waals surface area contributed by atoms with E-state index in [-0.39, 0.29) is 5.56 Å². The van der Waals surface area contributed by atoms with E-state index in [2.05, 4.69) is 5.16 Å². The van der Waals surface area contributed by atoms with Crippen molar-refractivity contribution in [2.75, 3.05) is 6.54 Å². The van der Waals surface area contributed by atoms with Gasteiger partial charge in [0.2, 0.25) is 0 Å². The molecule has 2 aromatic heterocycles. The van der Waals surface area contributed by atoms with Crippen LogP contribution in [0.1, 0.15) is 12.2 Å². The van der Waals surface area contributed by atoms with Crippen LogP contribution in [0.15, 0.2) is 27.5 Å². The first-order chi connectivity index (χ1) is 9.65. The zero-order valence-corrected chi connectivity index (χ0v) is 11.8. The van der Waals surface area contributed by atoms with E-state index in [1.165, 1.54) is 0 Å². The van der Waals surface area contributed by atoms with Gasteiger partial charge in [-0.15, -0.1) is 0 Å². The molecule has 0 unspecified atom stereocenters. The number of halogens is 1. The molecule has 104 valence electrons. The molecule has 0 spiro atoms. The molecule has 0 saturated carbocycles. The highest BCUT2D eigenvalue weighted by Crippen LogP contribution is 2.29. The van der Waals surface area contributed by atoms with Crippen molar-refractivity contribution in [3.8, 4) is 0 Å². The van der Waals surface area contributed by atoms with Crippen molar-refractivity contribution in [2.45, 2.75) is 19.9 Å². The molecular weight excluding hydrogens is 278 g/mol. The van der Waals surface area contributed by atoms with Gasteiger partial charge in [0.15, 0.2) is 0 Å². The fraction of sp³-hybridized carbons (Fsp3) is 0.286. The number of aryl methyl sites for hydroxylation is 2. The summed E-state index contributed by atoms with van der Waals surface area (Å²) in [4.78, 5) is 12.6. The molecule has 0 aliphatic rings. The van der Waals surface area contributed by atoms with Gasteiger partial charge in [-0.1, -0.05) is 22.8 Å². The van der Waals surface area contributed by atoms with E-state index >= 15 is 0 Å². The Kier molecular flexibility index (Phi) is 3.23. The topological polar surface area (TPSA) is 74.0 Å². The Morgan fingerprint density at radius 1 is 1.40 bits per heavy atom. The highest BCUT2D eigenvalue weighted by molar-refractivity contribution is 6.37. The second kappa shape index (κ2) is 4.92. The molecule has 3 rings (SSSR count). The number of benzene rings is 1. The number of hydrogen-bond donors (Lipinski definition) is 1. The average Bonchev–Trinajstić information content (AvgIpc) is 2.81. The molecule has 0 fully saturated rings. The van der Waals surface area contributed by atoms with Crippen LogP contribution in [0, 0.1) is 6.92 Å². The van der Waals surface area contributed by atoms with Crippen LogP contribution in [0.25, 0.3) is 21.8 Å². The molecule has 0 aliphatic carbocycles. The van der Waals surface area contributed by atoms with Gasteiger partial charge in [0.05, 0.1) is 10.5 Å². The van der Waals surface area contributed by atoms with Crippen molar-refractivity contribution in [1.29, 1.82) is 0 Å². The molecule has 2 heterocycles. The molecule has 0 amide bonds. The number of hydrogen-bond acceptors (Lipinski definition) is 4. The minimum atomic E-state index is -0.109. The summed E-state index contributed by atoms with van der Waals surface area (Å²) >= 11 is 6.28. The van der Waals surface area contributed by atoms with Crippen LogP contribution in [-0.2, 0) is 6.54 Å². The maximum Gasteiger partial charge on any atom is 0.264 e.